The average molecular weight is 340 g/mol. The van der Waals surface area contributed by atoms with E-state index < -0.39 is 5.97 Å². The largest absolute Gasteiger partial charge is 0.480 e. The highest BCUT2D eigenvalue weighted by molar-refractivity contribution is 5.74. The normalized spacial score (nSPS) is 13.0. The molecule has 2 N–H and O–H groups in total. The minimum Gasteiger partial charge on any atom is -0.480 e. The zero-order valence-electron chi connectivity index (χ0n) is 13.8. The van der Waals surface area contributed by atoms with Gasteiger partial charge in [0, 0.05) is 18.8 Å². The van der Waals surface area contributed by atoms with Crippen molar-refractivity contribution in [3.63, 3.8) is 0 Å². The number of hydrogen-bond donors (Lipinski definition) is 2. The van der Waals surface area contributed by atoms with E-state index >= 15 is 0 Å². The maximum atomic E-state index is 12.3. The summed E-state index contributed by atoms with van der Waals surface area (Å²) in [5.74, 6) is -0.903. The third-order valence-electron chi connectivity index (χ3n) is 4.16. The van der Waals surface area contributed by atoms with Crippen LogP contribution in [0.1, 0.15) is 16.7 Å². The van der Waals surface area contributed by atoms with Gasteiger partial charge >= 0.3 is 12.1 Å². The number of hydrogen-bond acceptors (Lipinski definition) is 4. The molecular formula is C19H20N2O4. The van der Waals surface area contributed by atoms with Gasteiger partial charge in [-0.15, -0.1) is 0 Å². The fourth-order valence-corrected chi connectivity index (χ4v) is 2.91. The Balaban J connectivity index is 1.62. The highest BCUT2D eigenvalue weighted by Gasteiger charge is 2.23. The number of carbonyl (C=O) groups is 2. The van der Waals surface area contributed by atoms with Gasteiger partial charge in [0.25, 0.3) is 0 Å². The summed E-state index contributed by atoms with van der Waals surface area (Å²) in [6, 6.07) is 15.3. The molecule has 0 saturated carbocycles. The fourth-order valence-electron chi connectivity index (χ4n) is 2.91. The highest BCUT2D eigenvalue weighted by atomic mass is 16.6. The number of carboxylic acid groups (broad SMARTS) is 1. The van der Waals surface area contributed by atoms with E-state index in [1.54, 1.807) is 4.90 Å². The third-order valence-corrected chi connectivity index (χ3v) is 4.16. The van der Waals surface area contributed by atoms with Gasteiger partial charge in [-0.25, -0.2) is 4.79 Å². The molecule has 6 nitrogen and oxygen atoms in total. The van der Waals surface area contributed by atoms with Crippen LogP contribution in [0.3, 0.4) is 0 Å². The maximum Gasteiger partial charge on any atom is 0.410 e. The average Bonchev–Trinajstić information content (AvgIpc) is 2.64. The minimum atomic E-state index is -0.903. The highest BCUT2D eigenvalue weighted by Crippen LogP contribution is 2.26. The summed E-state index contributed by atoms with van der Waals surface area (Å²) in [5.41, 5.74) is 3.85. The van der Waals surface area contributed by atoms with Crippen LogP contribution >= 0.6 is 0 Å². The lowest BCUT2D eigenvalue weighted by molar-refractivity contribution is -0.134. The summed E-state index contributed by atoms with van der Waals surface area (Å²) in [7, 11) is 0. The lowest BCUT2D eigenvalue weighted by atomic mass is 9.98. The van der Waals surface area contributed by atoms with Crippen LogP contribution in [0, 0.1) is 0 Å². The summed E-state index contributed by atoms with van der Waals surface area (Å²) in [4.78, 5) is 24.7. The first-order chi connectivity index (χ1) is 12.1. The first-order valence-corrected chi connectivity index (χ1v) is 8.15. The van der Waals surface area contributed by atoms with Crippen molar-refractivity contribution in [3.8, 4) is 0 Å². The molecule has 0 unspecified atom stereocenters. The lowest BCUT2D eigenvalue weighted by Crippen LogP contribution is -2.36. The first-order valence-electron chi connectivity index (χ1n) is 8.15. The molecule has 0 atom stereocenters. The van der Waals surface area contributed by atoms with Gasteiger partial charge in [-0.05, 0) is 29.2 Å². The Morgan fingerprint density at radius 1 is 1.12 bits per heavy atom. The number of rotatable bonds is 5. The SMILES string of the molecule is O=C(O)CNc1cccc2c1CCN(C(=O)OCc1ccccc1)C2. The van der Waals surface area contributed by atoms with Crippen LogP contribution in [-0.4, -0.2) is 35.2 Å². The number of fused-ring (bicyclic) bond motifs is 1. The van der Waals surface area contributed by atoms with Gasteiger partial charge in [0.05, 0.1) is 0 Å². The molecule has 0 spiro atoms. The van der Waals surface area contributed by atoms with E-state index in [4.69, 9.17) is 9.84 Å². The predicted molar refractivity (Wildman–Crippen MR) is 93.3 cm³/mol. The van der Waals surface area contributed by atoms with Gasteiger partial charge in [0.2, 0.25) is 0 Å². The van der Waals surface area contributed by atoms with Crippen LogP contribution in [0.2, 0.25) is 0 Å². The van der Waals surface area contributed by atoms with E-state index in [0.29, 0.717) is 19.5 Å². The number of nitrogens with zero attached hydrogens (tertiary/aromatic N) is 1. The van der Waals surface area contributed by atoms with Crippen molar-refractivity contribution in [2.45, 2.75) is 19.6 Å². The molecule has 0 aromatic heterocycles. The summed E-state index contributed by atoms with van der Waals surface area (Å²) < 4.78 is 5.39. The first kappa shape index (κ1) is 16.8. The molecule has 1 aliphatic rings. The molecular weight excluding hydrogens is 320 g/mol. The topological polar surface area (TPSA) is 78.9 Å². The molecule has 3 rings (SSSR count). The third kappa shape index (κ3) is 4.29. The molecule has 1 heterocycles. The van der Waals surface area contributed by atoms with Crippen molar-refractivity contribution < 1.29 is 19.4 Å². The van der Waals surface area contributed by atoms with Crippen LogP contribution in [0.25, 0.3) is 0 Å². The fraction of sp³-hybridized carbons (Fsp3) is 0.263. The van der Waals surface area contributed by atoms with E-state index in [1.165, 1.54) is 0 Å². The van der Waals surface area contributed by atoms with Crippen LogP contribution in [0.5, 0.6) is 0 Å². The molecule has 1 aliphatic heterocycles. The summed E-state index contributed by atoms with van der Waals surface area (Å²) in [6.45, 7) is 1.14. The van der Waals surface area contributed by atoms with Crippen molar-refractivity contribution in [2.24, 2.45) is 0 Å². The number of ether oxygens (including phenoxy) is 1. The smallest absolute Gasteiger partial charge is 0.410 e. The van der Waals surface area contributed by atoms with Gasteiger partial charge in [-0.1, -0.05) is 42.5 Å². The number of aliphatic carboxylic acids is 1. The van der Waals surface area contributed by atoms with Crippen molar-refractivity contribution >= 4 is 17.7 Å². The number of carboxylic acids is 1. The van der Waals surface area contributed by atoms with E-state index in [-0.39, 0.29) is 19.2 Å². The van der Waals surface area contributed by atoms with Gasteiger partial charge in [0.15, 0.2) is 0 Å². The molecule has 25 heavy (non-hydrogen) atoms. The number of amides is 1. The molecule has 130 valence electrons. The van der Waals surface area contributed by atoms with Crippen LogP contribution in [-0.2, 0) is 29.1 Å². The minimum absolute atomic E-state index is 0.126. The van der Waals surface area contributed by atoms with E-state index in [2.05, 4.69) is 5.32 Å². The summed E-state index contributed by atoms with van der Waals surface area (Å²) in [6.07, 6.45) is 0.330. The van der Waals surface area contributed by atoms with Gasteiger partial charge in [-0.2, -0.15) is 0 Å². The lowest BCUT2D eigenvalue weighted by Gasteiger charge is -2.29. The number of nitrogens with one attached hydrogen (secondary N) is 1. The van der Waals surface area contributed by atoms with E-state index in [1.807, 2.05) is 48.5 Å². The second-order valence-corrected chi connectivity index (χ2v) is 5.90. The maximum absolute atomic E-state index is 12.3. The standard InChI is InChI=1S/C19H20N2O4/c22-18(23)11-20-17-8-4-7-15-12-21(10-9-16(15)17)19(24)25-13-14-5-2-1-3-6-14/h1-8,20H,9-13H2,(H,22,23). The number of anilines is 1. The Hall–Kier alpha value is -3.02. The van der Waals surface area contributed by atoms with Crippen LogP contribution in [0.4, 0.5) is 10.5 Å². The Labute approximate surface area is 146 Å². The number of carbonyl (C=O) groups excluding carboxylic acids is 1. The van der Waals surface area contributed by atoms with E-state index in [0.717, 1.165) is 22.4 Å². The van der Waals surface area contributed by atoms with Crippen molar-refractivity contribution in [3.05, 3.63) is 65.2 Å². The summed E-state index contributed by atoms with van der Waals surface area (Å²) >= 11 is 0. The van der Waals surface area contributed by atoms with Crippen molar-refractivity contribution in [2.75, 3.05) is 18.4 Å². The monoisotopic (exact) mass is 340 g/mol. The summed E-state index contributed by atoms with van der Waals surface area (Å²) in [5, 5.41) is 11.7. The second-order valence-electron chi connectivity index (χ2n) is 5.90. The Morgan fingerprint density at radius 3 is 2.68 bits per heavy atom. The van der Waals surface area contributed by atoms with Crippen LogP contribution < -0.4 is 5.32 Å². The molecule has 2 aromatic rings. The molecule has 0 bridgehead atoms. The molecule has 0 aliphatic carbocycles. The van der Waals surface area contributed by atoms with Gasteiger partial charge in [-0.3, -0.25) is 4.79 Å². The Bertz CT molecular complexity index is 761. The predicted octanol–water partition coefficient (Wildman–Crippen LogP) is 2.88. The molecule has 0 saturated heterocycles. The molecule has 0 fully saturated rings. The zero-order valence-corrected chi connectivity index (χ0v) is 13.8. The quantitative estimate of drug-likeness (QED) is 0.875. The molecule has 2 aromatic carbocycles. The molecule has 0 radical (unpaired) electrons. The number of benzene rings is 2. The van der Waals surface area contributed by atoms with Crippen LogP contribution in [0.15, 0.2) is 48.5 Å². The van der Waals surface area contributed by atoms with Crippen molar-refractivity contribution in [1.29, 1.82) is 0 Å². The van der Waals surface area contributed by atoms with E-state index in [9.17, 15) is 9.59 Å². The van der Waals surface area contributed by atoms with Gasteiger partial charge in [0.1, 0.15) is 13.2 Å². The second kappa shape index (κ2) is 7.70. The zero-order chi connectivity index (χ0) is 17.6. The Morgan fingerprint density at radius 2 is 1.92 bits per heavy atom. The molecule has 1 amide bonds. The Kier molecular flexibility index (Phi) is 5.18. The molecule has 6 heteroatoms. The van der Waals surface area contributed by atoms with Crippen molar-refractivity contribution in [1.82, 2.24) is 4.90 Å². The van der Waals surface area contributed by atoms with Gasteiger partial charge < -0.3 is 20.1 Å².